The van der Waals surface area contributed by atoms with Gasteiger partial charge in [-0.05, 0) is 68.6 Å². The molecular weight excluding hydrogens is 647 g/mol. The number of benzene rings is 3. The SMILES string of the molecule is COc1ccc(OC)c(CN(C(=O)Oc2ccccc2SC)c2ccnc(Nc3ccc(OCCN4CCN(C(C)C)CC4)c(F)c3)n2)c1. The summed E-state index contributed by atoms with van der Waals surface area (Å²) in [6.07, 6.45) is 2.76. The second-order valence-electron chi connectivity index (χ2n) is 11.6. The van der Waals surface area contributed by atoms with Crippen molar-refractivity contribution in [3.05, 3.63) is 84.3 Å². The summed E-state index contributed by atoms with van der Waals surface area (Å²) >= 11 is 1.47. The van der Waals surface area contributed by atoms with Gasteiger partial charge < -0.3 is 24.3 Å². The van der Waals surface area contributed by atoms with Gasteiger partial charge in [-0.25, -0.2) is 14.2 Å². The van der Waals surface area contributed by atoms with Gasteiger partial charge in [0.2, 0.25) is 5.95 Å². The third-order valence-electron chi connectivity index (χ3n) is 8.21. The lowest BCUT2D eigenvalue weighted by Gasteiger charge is -2.36. The number of anilines is 3. The molecule has 1 aromatic heterocycles. The fourth-order valence-electron chi connectivity index (χ4n) is 5.44. The van der Waals surface area contributed by atoms with Crippen LogP contribution in [0.5, 0.6) is 23.0 Å². The number of para-hydroxylation sites is 1. The number of ether oxygens (including phenoxy) is 4. The maximum Gasteiger partial charge on any atom is 0.421 e. The van der Waals surface area contributed by atoms with Gasteiger partial charge in [-0.15, -0.1) is 11.8 Å². The number of carbonyl (C=O) groups is 1. The molecule has 11 nitrogen and oxygen atoms in total. The van der Waals surface area contributed by atoms with E-state index in [0.29, 0.717) is 41.1 Å². The topological polar surface area (TPSA) is 102 Å². The Morgan fingerprint density at radius 1 is 0.980 bits per heavy atom. The highest BCUT2D eigenvalue weighted by molar-refractivity contribution is 7.98. The highest BCUT2D eigenvalue weighted by Crippen LogP contribution is 2.31. The zero-order valence-corrected chi connectivity index (χ0v) is 29.3. The van der Waals surface area contributed by atoms with Gasteiger partial charge in [-0.2, -0.15) is 4.98 Å². The molecule has 0 unspecified atom stereocenters. The molecule has 3 aromatic carbocycles. The number of aromatic nitrogens is 2. The third-order valence-corrected chi connectivity index (χ3v) is 8.99. The molecule has 4 aromatic rings. The summed E-state index contributed by atoms with van der Waals surface area (Å²) in [5, 5.41) is 3.04. The fraction of sp³-hybridized carbons (Fsp3) is 0.361. The molecule has 1 fully saturated rings. The Hall–Kier alpha value is -4.59. The number of hydrogen-bond acceptors (Lipinski definition) is 11. The summed E-state index contributed by atoms with van der Waals surface area (Å²) in [5.74, 6) is 1.65. The van der Waals surface area contributed by atoms with E-state index < -0.39 is 11.9 Å². The van der Waals surface area contributed by atoms with E-state index in [-0.39, 0.29) is 24.1 Å². The largest absolute Gasteiger partial charge is 0.497 e. The van der Waals surface area contributed by atoms with Crippen LogP contribution in [-0.4, -0.2) is 91.7 Å². The first-order valence-corrected chi connectivity index (χ1v) is 17.3. The monoisotopic (exact) mass is 690 g/mol. The second kappa shape index (κ2) is 17.2. The van der Waals surface area contributed by atoms with Crippen molar-refractivity contribution in [3.8, 4) is 23.0 Å². The number of piperazine rings is 1. The lowest BCUT2D eigenvalue weighted by atomic mass is 10.1. The van der Waals surface area contributed by atoms with Crippen LogP contribution < -0.4 is 29.2 Å². The van der Waals surface area contributed by atoms with E-state index in [1.54, 1.807) is 62.8 Å². The molecule has 0 saturated carbocycles. The van der Waals surface area contributed by atoms with Crippen molar-refractivity contribution >= 4 is 35.3 Å². The summed E-state index contributed by atoms with van der Waals surface area (Å²) in [6.45, 7) is 9.58. The Balaban J connectivity index is 1.30. The van der Waals surface area contributed by atoms with Crippen LogP contribution in [0.25, 0.3) is 0 Å². The van der Waals surface area contributed by atoms with Gasteiger partial charge in [0.1, 0.15) is 29.7 Å². The van der Waals surface area contributed by atoms with E-state index in [1.807, 2.05) is 18.4 Å². The van der Waals surface area contributed by atoms with Crippen molar-refractivity contribution in [3.63, 3.8) is 0 Å². The van der Waals surface area contributed by atoms with E-state index in [9.17, 15) is 4.79 Å². The molecule has 0 bridgehead atoms. The fourth-order valence-corrected chi connectivity index (χ4v) is 5.97. The van der Waals surface area contributed by atoms with Crippen LogP contribution in [0, 0.1) is 5.82 Å². The van der Waals surface area contributed by atoms with Gasteiger partial charge in [0.05, 0.1) is 20.8 Å². The molecule has 1 aliphatic rings. The Morgan fingerprint density at radius 3 is 2.47 bits per heavy atom. The van der Waals surface area contributed by atoms with Gasteiger partial charge in [-0.1, -0.05) is 12.1 Å². The van der Waals surface area contributed by atoms with Crippen LogP contribution in [0.15, 0.2) is 77.8 Å². The maximum atomic E-state index is 15.1. The van der Waals surface area contributed by atoms with E-state index >= 15 is 4.39 Å². The molecule has 1 saturated heterocycles. The van der Waals surface area contributed by atoms with Crippen LogP contribution in [-0.2, 0) is 6.54 Å². The molecule has 1 aliphatic heterocycles. The third kappa shape index (κ3) is 9.52. The van der Waals surface area contributed by atoms with E-state index in [1.165, 1.54) is 28.9 Å². The van der Waals surface area contributed by atoms with Crippen molar-refractivity contribution in [1.29, 1.82) is 0 Å². The molecule has 49 heavy (non-hydrogen) atoms. The van der Waals surface area contributed by atoms with Crippen molar-refractivity contribution in [2.45, 2.75) is 31.3 Å². The maximum absolute atomic E-state index is 15.1. The van der Waals surface area contributed by atoms with E-state index in [4.69, 9.17) is 18.9 Å². The van der Waals surface area contributed by atoms with Gasteiger partial charge in [0.15, 0.2) is 11.6 Å². The number of nitrogens with zero attached hydrogens (tertiary/aromatic N) is 5. The predicted octanol–water partition coefficient (Wildman–Crippen LogP) is 6.71. The quantitative estimate of drug-likeness (QED) is 0.143. The van der Waals surface area contributed by atoms with Gasteiger partial charge in [0.25, 0.3) is 0 Å². The smallest absolute Gasteiger partial charge is 0.421 e. The molecule has 0 spiro atoms. The Kier molecular flexibility index (Phi) is 12.5. The number of carbonyl (C=O) groups excluding carboxylic acids is 1. The van der Waals surface area contributed by atoms with Crippen LogP contribution in [0.4, 0.5) is 26.6 Å². The molecule has 0 aliphatic carbocycles. The van der Waals surface area contributed by atoms with Crippen molar-refractivity contribution < 1.29 is 28.1 Å². The van der Waals surface area contributed by atoms with Crippen molar-refractivity contribution in [2.24, 2.45) is 0 Å². The molecule has 2 heterocycles. The Labute approximate surface area is 291 Å². The first kappa shape index (κ1) is 35.7. The number of amides is 1. The Bertz CT molecular complexity index is 1700. The van der Waals surface area contributed by atoms with Crippen molar-refractivity contribution in [2.75, 3.05) is 70.0 Å². The van der Waals surface area contributed by atoms with Crippen LogP contribution >= 0.6 is 11.8 Å². The van der Waals surface area contributed by atoms with Gasteiger partial charge in [0, 0.05) is 67.2 Å². The van der Waals surface area contributed by atoms with Crippen LogP contribution in [0.2, 0.25) is 0 Å². The van der Waals surface area contributed by atoms with Crippen LogP contribution in [0.1, 0.15) is 19.4 Å². The number of methoxy groups -OCH3 is 2. The minimum absolute atomic E-state index is 0.0468. The summed E-state index contributed by atoms with van der Waals surface area (Å²) in [7, 11) is 3.12. The summed E-state index contributed by atoms with van der Waals surface area (Å²) < 4.78 is 37.7. The lowest BCUT2D eigenvalue weighted by molar-refractivity contribution is 0.0965. The molecular formula is C36H43FN6O5S. The summed E-state index contributed by atoms with van der Waals surface area (Å²) in [6, 6.07) is 19.4. The number of nitrogens with one attached hydrogen (secondary N) is 1. The molecule has 0 atom stereocenters. The molecule has 5 rings (SSSR count). The highest BCUT2D eigenvalue weighted by Gasteiger charge is 2.24. The average molecular weight is 691 g/mol. The minimum Gasteiger partial charge on any atom is -0.497 e. The average Bonchev–Trinajstić information content (AvgIpc) is 3.11. The van der Waals surface area contributed by atoms with Gasteiger partial charge >= 0.3 is 6.09 Å². The molecule has 13 heteroatoms. The standard InChI is InChI=1S/C36H43FN6O5S/c1-25(2)42-18-16-41(17-19-42)20-21-47-31-12-10-27(23-29(31)37)39-35-38-15-14-34(40-35)43(24-26-22-28(45-3)11-13-30(26)46-4)36(44)48-32-8-6-7-9-33(32)49-5/h6-15,22-23,25H,16-21,24H2,1-5H3,(H,38,39,40). The normalized spacial score (nSPS) is 13.6. The molecule has 1 N–H and O–H groups in total. The number of hydrogen-bond donors (Lipinski definition) is 1. The summed E-state index contributed by atoms with van der Waals surface area (Å²) in [5.41, 5.74) is 1.09. The molecule has 1 amide bonds. The van der Waals surface area contributed by atoms with Crippen molar-refractivity contribution in [1.82, 2.24) is 19.8 Å². The zero-order valence-electron chi connectivity index (χ0n) is 28.5. The molecule has 260 valence electrons. The van der Waals surface area contributed by atoms with Gasteiger partial charge in [-0.3, -0.25) is 14.7 Å². The van der Waals surface area contributed by atoms with E-state index in [2.05, 4.69) is 38.9 Å². The molecule has 0 radical (unpaired) electrons. The predicted molar refractivity (Wildman–Crippen MR) is 190 cm³/mol. The number of rotatable bonds is 14. The summed E-state index contributed by atoms with van der Waals surface area (Å²) in [4.78, 5) is 29.7. The van der Waals surface area contributed by atoms with E-state index in [0.717, 1.165) is 37.6 Å². The first-order valence-electron chi connectivity index (χ1n) is 16.1. The zero-order chi connectivity index (χ0) is 34.8. The lowest BCUT2D eigenvalue weighted by Crippen LogP contribution is -2.49. The highest BCUT2D eigenvalue weighted by atomic mass is 32.2. The second-order valence-corrected chi connectivity index (χ2v) is 12.5. The Morgan fingerprint density at radius 2 is 1.76 bits per heavy atom. The van der Waals surface area contributed by atoms with Crippen LogP contribution in [0.3, 0.4) is 0 Å². The minimum atomic E-state index is -0.662. The number of halogens is 1. The first-order chi connectivity index (χ1) is 23.8. The number of thioether (sulfide) groups is 1.